The number of imidazole rings is 1. The lowest BCUT2D eigenvalue weighted by molar-refractivity contribution is -0.134. The fourth-order valence-corrected chi connectivity index (χ4v) is 4.57. The van der Waals surface area contributed by atoms with E-state index in [2.05, 4.69) is 35.0 Å². The van der Waals surface area contributed by atoms with E-state index in [-0.39, 0.29) is 5.92 Å². The normalized spacial score (nSPS) is 19.8. The summed E-state index contributed by atoms with van der Waals surface area (Å²) >= 11 is 0. The van der Waals surface area contributed by atoms with Gasteiger partial charge in [-0.05, 0) is 50.8 Å². The summed E-state index contributed by atoms with van der Waals surface area (Å²) in [7, 11) is 0. The lowest BCUT2D eigenvalue weighted by Crippen LogP contribution is -2.44. The number of piperidine rings is 1. The molecule has 4 heterocycles. The highest BCUT2D eigenvalue weighted by atomic mass is 16.2. The molecular weight excluding hydrogens is 362 g/mol. The monoisotopic (exact) mass is 389 g/mol. The molecule has 0 aliphatic carbocycles. The van der Waals surface area contributed by atoms with E-state index < -0.39 is 0 Å². The fraction of sp³-hybridized carbons (Fsp3) is 0.435. The van der Waals surface area contributed by atoms with Crippen LogP contribution in [0.2, 0.25) is 0 Å². The maximum atomic E-state index is 12.8. The third kappa shape index (κ3) is 3.59. The van der Waals surface area contributed by atoms with Gasteiger partial charge in [-0.1, -0.05) is 23.8 Å². The molecule has 2 fully saturated rings. The van der Waals surface area contributed by atoms with Gasteiger partial charge < -0.3 is 14.8 Å². The van der Waals surface area contributed by atoms with Gasteiger partial charge in [-0.15, -0.1) is 0 Å². The second-order valence-electron chi connectivity index (χ2n) is 8.31. The lowest BCUT2D eigenvalue weighted by Gasteiger charge is -2.34. The number of nitrogens with zero attached hydrogens (tertiary/aromatic N) is 4. The number of carbonyl (C=O) groups excluding carboxylic acids is 1. The van der Waals surface area contributed by atoms with Crippen LogP contribution in [-0.4, -0.2) is 51.9 Å². The summed E-state index contributed by atoms with van der Waals surface area (Å²) in [4.78, 5) is 30.1. The van der Waals surface area contributed by atoms with E-state index in [4.69, 9.17) is 9.97 Å². The molecule has 0 radical (unpaired) electrons. The van der Waals surface area contributed by atoms with Crippen molar-refractivity contribution in [3.63, 3.8) is 0 Å². The standard InChI is InChI=1S/C23H27N5O/c1-16-6-4-7-17(14-16)21-24-19-9-10-20(25-22(19)26-21)28-13-5-8-18(15-28)23(29)27-11-2-3-12-27/h4,6-7,9-10,14,18H,2-3,5,8,11-13,15H2,1H3,(H,24,25,26). The van der Waals surface area contributed by atoms with E-state index in [1.165, 1.54) is 5.56 Å². The van der Waals surface area contributed by atoms with Crippen LogP contribution in [0.25, 0.3) is 22.6 Å². The molecule has 5 rings (SSSR count). The first-order chi connectivity index (χ1) is 14.2. The van der Waals surface area contributed by atoms with Crippen LogP contribution in [0.15, 0.2) is 36.4 Å². The number of aromatic nitrogens is 3. The molecule has 1 aromatic carbocycles. The van der Waals surface area contributed by atoms with Crippen molar-refractivity contribution in [2.45, 2.75) is 32.6 Å². The number of amides is 1. The van der Waals surface area contributed by atoms with Gasteiger partial charge in [-0.3, -0.25) is 4.79 Å². The Hall–Kier alpha value is -2.89. The molecule has 29 heavy (non-hydrogen) atoms. The lowest BCUT2D eigenvalue weighted by atomic mass is 9.96. The highest BCUT2D eigenvalue weighted by Gasteiger charge is 2.31. The molecule has 150 valence electrons. The third-order valence-electron chi connectivity index (χ3n) is 6.13. The first-order valence-electron chi connectivity index (χ1n) is 10.6. The number of fused-ring (bicyclic) bond motifs is 1. The van der Waals surface area contributed by atoms with Gasteiger partial charge in [-0.25, -0.2) is 9.97 Å². The van der Waals surface area contributed by atoms with Crippen molar-refractivity contribution in [2.75, 3.05) is 31.1 Å². The van der Waals surface area contributed by atoms with Crippen molar-refractivity contribution >= 4 is 22.9 Å². The number of benzene rings is 1. The van der Waals surface area contributed by atoms with Gasteiger partial charge >= 0.3 is 0 Å². The summed E-state index contributed by atoms with van der Waals surface area (Å²) < 4.78 is 0. The van der Waals surface area contributed by atoms with Crippen LogP contribution in [0.5, 0.6) is 0 Å². The molecule has 6 heteroatoms. The van der Waals surface area contributed by atoms with Gasteiger partial charge in [0.25, 0.3) is 0 Å². The van der Waals surface area contributed by atoms with Crippen LogP contribution >= 0.6 is 0 Å². The van der Waals surface area contributed by atoms with E-state index in [1.807, 2.05) is 23.1 Å². The molecule has 2 saturated heterocycles. The predicted molar refractivity (Wildman–Crippen MR) is 115 cm³/mol. The van der Waals surface area contributed by atoms with Crippen LogP contribution in [0.4, 0.5) is 5.82 Å². The molecule has 2 aliphatic rings. The molecule has 1 unspecified atom stereocenters. The van der Waals surface area contributed by atoms with Gasteiger partial charge in [-0.2, -0.15) is 0 Å². The Morgan fingerprint density at radius 2 is 1.93 bits per heavy atom. The number of H-pyrrole nitrogens is 1. The first kappa shape index (κ1) is 18.2. The number of aromatic amines is 1. The summed E-state index contributed by atoms with van der Waals surface area (Å²) in [6, 6.07) is 12.4. The quantitative estimate of drug-likeness (QED) is 0.741. The van der Waals surface area contributed by atoms with Gasteiger partial charge in [0.2, 0.25) is 5.91 Å². The molecule has 1 atom stereocenters. The smallest absolute Gasteiger partial charge is 0.227 e. The van der Waals surface area contributed by atoms with Gasteiger partial charge in [0.05, 0.1) is 5.92 Å². The maximum absolute atomic E-state index is 12.8. The second kappa shape index (κ2) is 7.50. The zero-order valence-corrected chi connectivity index (χ0v) is 16.9. The van der Waals surface area contributed by atoms with Crippen LogP contribution < -0.4 is 4.90 Å². The van der Waals surface area contributed by atoms with Gasteiger partial charge in [0.15, 0.2) is 5.65 Å². The Bertz CT molecular complexity index is 1040. The number of carbonyl (C=O) groups is 1. The molecule has 1 N–H and O–H groups in total. The molecule has 2 aromatic heterocycles. The van der Waals surface area contributed by atoms with Gasteiger partial charge in [0.1, 0.15) is 17.2 Å². The van der Waals surface area contributed by atoms with E-state index in [1.54, 1.807) is 0 Å². The van der Waals surface area contributed by atoms with E-state index in [0.717, 1.165) is 80.2 Å². The van der Waals surface area contributed by atoms with E-state index in [0.29, 0.717) is 5.91 Å². The maximum Gasteiger partial charge on any atom is 0.227 e. The highest BCUT2D eigenvalue weighted by Crippen LogP contribution is 2.27. The highest BCUT2D eigenvalue weighted by molar-refractivity contribution is 5.81. The summed E-state index contributed by atoms with van der Waals surface area (Å²) in [6.45, 7) is 5.64. The van der Waals surface area contributed by atoms with Crippen molar-refractivity contribution in [3.8, 4) is 11.4 Å². The molecule has 0 spiro atoms. The van der Waals surface area contributed by atoms with Crippen molar-refractivity contribution in [1.29, 1.82) is 0 Å². The third-order valence-corrected chi connectivity index (χ3v) is 6.13. The molecule has 1 amide bonds. The Kier molecular flexibility index (Phi) is 4.70. The van der Waals surface area contributed by atoms with Crippen molar-refractivity contribution in [2.24, 2.45) is 5.92 Å². The number of hydrogen-bond donors (Lipinski definition) is 1. The van der Waals surface area contributed by atoms with Crippen LogP contribution in [0, 0.1) is 12.8 Å². The molecule has 0 bridgehead atoms. The topological polar surface area (TPSA) is 65.1 Å². The second-order valence-corrected chi connectivity index (χ2v) is 8.31. The summed E-state index contributed by atoms with van der Waals surface area (Å²) in [5, 5.41) is 0. The number of nitrogens with one attached hydrogen (secondary N) is 1. The number of anilines is 1. The van der Waals surface area contributed by atoms with Gasteiger partial charge in [0, 0.05) is 31.7 Å². The minimum absolute atomic E-state index is 0.0870. The summed E-state index contributed by atoms with van der Waals surface area (Å²) in [6.07, 6.45) is 4.30. The fourth-order valence-electron chi connectivity index (χ4n) is 4.57. The molecule has 2 aliphatic heterocycles. The zero-order valence-electron chi connectivity index (χ0n) is 16.9. The Morgan fingerprint density at radius 3 is 2.76 bits per heavy atom. The number of pyridine rings is 1. The predicted octanol–water partition coefficient (Wildman–Crippen LogP) is 3.77. The molecule has 0 saturated carbocycles. The number of hydrogen-bond acceptors (Lipinski definition) is 4. The van der Waals surface area contributed by atoms with Crippen molar-refractivity contribution < 1.29 is 4.79 Å². The van der Waals surface area contributed by atoms with E-state index >= 15 is 0 Å². The average molecular weight is 390 g/mol. The average Bonchev–Trinajstić information content (AvgIpc) is 3.43. The minimum atomic E-state index is 0.0870. The summed E-state index contributed by atoms with van der Waals surface area (Å²) in [5.41, 5.74) is 3.94. The Balaban J connectivity index is 1.37. The Labute approximate surface area is 171 Å². The minimum Gasteiger partial charge on any atom is -0.356 e. The SMILES string of the molecule is Cc1cccc(-c2nc3ccc(N4CCCC(C(=O)N5CCCC5)C4)nc3[nH]2)c1. The van der Waals surface area contributed by atoms with Crippen molar-refractivity contribution in [3.05, 3.63) is 42.0 Å². The Morgan fingerprint density at radius 1 is 1.07 bits per heavy atom. The number of likely N-dealkylation sites (tertiary alicyclic amines) is 1. The van der Waals surface area contributed by atoms with Crippen LogP contribution in [0.1, 0.15) is 31.2 Å². The number of rotatable bonds is 3. The van der Waals surface area contributed by atoms with Crippen LogP contribution in [-0.2, 0) is 4.79 Å². The molecule has 3 aromatic rings. The van der Waals surface area contributed by atoms with Crippen LogP contribution in [0.3, 0.4) is 0 Å². The zero-order chi connectivity index (χ0) is 19.8. The first-order valence-corrected chi connectivity index (χ1v) is 10.6. The molecule has 6 nitrogen and oxygen atoms in total. The van der Waals surface area contributed by atoms with E-state index in [9.17, 15) is 4.79 Å². The molecular formula is C23H27N5O. The largest absolute Gasteiger partial charge is 0.356 e. The summed E-state index contributed by atoms with van der Waals surface area (Å²) in [5.74, 6) is 2.19. The van der Waals surface area contributed by atoms with Crippen molar-refractivity contribution in [1.82, 2.24) is 19.9 Å². The number of aryl methyl sites for hydroxylation is 1.